The van der Waals surface area contributed by atoms with Crippen LogP contribution in [0.2, 0.25) is 5.02 Å². The molecule has 35 heavy (non-hydrogen) atoms. The molecule has 0 atom stereocenters. The summed E-state index contributed by atoms with van der Waals surface area (Å²) in [6, 6.07) is 25.4. The van der Waals surface area contributed by atoms with E-state index in [4.69, 9.17) is 21.1 Å². The molecule has 0 heterocycles. The van der Waals surface area contributed by atoms with Gasteiger partial charge in [-0.3, -0.25) is 14.9 Å². The van der Waals surface area contributed by atoms with E-state index in [9.17, 15) is 14.9 Å². The summed E-state index contributed by atoms with van der Waals surface area (Å²) in [5.74, 6) is 0.934. The Morgan fingerprint density at radius 2 is 1.66 bits per heavy atom. The fourth-order valence-electron chi connectivity index (χ4n) is 3.24. The molecule has 0 fully saturated rings. The molecule has 0 aliphatic carbocycles. The van der Waals surface area contributed by atoms with E-state index in [2.05, 4.69) is 5.32 Å². The molecule has 1 N–H and O–H groups in total. The number of anilines is 1. The number of carbonyl (C=O) groups is 1. The average Bonchev–Trinajstić information content (AvgIpc) is 2.85. The second-order valence-electron chi connectivity index (χ2n) is 7.76. The fourth-order valence-corrected chi connectivity index (χ4v) is 3.43. The van der Waals surface area contributed by atoms with E-state index in [0.717, 1.165) is 11.1 Å². The zero-order valence-corrected chi connectivity index (χ0v) is 19.5. The molecule has 0 radical (unpaired) electrons. The Labute approximate surface area is 207 Å². The highest BCUT2D eigenvalue weighted by atomic mass is 35.5. The van der Waals surface area contributed by atoms with Gasteiger partial charge in [-0.15, -0.1) is 0 Å². The highest BCUT2D eigenvalue weighted by Crippen LogP contribution is 2.30. The Hall–Kier alpha value is -4.36. The maximum Gasteiger partial charge on any atom is 0.275 e. The molecule has 0 saturated heterocycles. The van der Waals surface area contributed by atoms with Gasteiger partial charge in [0.15, 0.2) is 0 Å². The Balaban J connectivity index is 1.45. The van der Waals surface area contributed by atoms with Gasteiger partial charge in [0.1, 0.15) is 23.9 Å². The monoisotopic (exact) mass is 488 g/mol. The molecule has 0 spiro atoms. The van der Waals surface area contributed by atoms with E-state index in [0.29, 0.717) is 22.1 Å². The smallest absolute Gasteiger partial charge is 0.275 e. The highest BCUT2D eigenvalue weighted by Gasteiger charge is 2.14. The molecule has 0 unspecified atom stereocenters. The van der Waals surface area contributed by atoms with Crippen LogP contribution in [-0.2, 0) is 6.61 Å². The van der Waals surface area contributed by atoms with Gasteiger partial charge in [-0.25, -0.2) is 0 Å². The third kappa shape index (κ3) is 6.37. The highest BCUT2D eigenvalue weighted by molar-refractivity contribution is 6.32. The molecule has 0 aromatic heterocycles. The number of carbonyl (C=O) groups excluding carboxylic acids is 1. The number of rotatable bonds is 8. The lowest BCUT2D eigenvalue weighted by atomic mass is 10.1. The number of benzene rings is 4. The maximum atomic E-state index is 12.8. The van der Waals surface area contributed by atoms with E-state index >= 15 is 0 Å². The lowest BCUT2D eigenvalue weighted by Crippen LogP contribution is -2.12. The number of hydrogen-bond donors (Lipinski definition) is 1. The fraction of sp³-hybridized carbons (Fsp3) is 0.0741. The largest absolute Gasteiger partial charge is 0.487 e. The summed E-state index contributed by atoms with van der Waals surface area (Å²) in [6.07, 6.45) is 0. The lowest BCUT2D eigenvalue weighted by Gasteiger charge is -2.11. The molecule has 4 rings (SSSR count). The van der Waals surface area contributed by atoms with Crippen molar-refractivity contribution in [3.63, 3.8) is 0 Å². The lowest BCUT2D eigenvalue weighted by molar-refractivity contribution is -0.384. The molecule has 0 saturated carbocycles. The van der Waals surface area contributed by atoms with E-state index in [1.54, 1.807) is 48.5 Å². The van der Waals surface area contributed by atoms with Crippen LogP contribution < -0.4 is 14.8 Å². The summed E-state index contributed by atoms with van der Waals surface area (Å²) in [5, 5.41) is 14.6. The van der Waals surface area contributed by atoms with Crippen LogP contribution in [0, 0.1) is 17.0 Å². The molecule has 8 heteroatoms. The summed E-state index contributed by atoms with van der Waals surface area (Å²) in [6.45, 7) is 2.24. The van der Waals surface area contributed by atoms with Gasteiger partial charge in [-0.2, -0.15) is 0 Å². The Morgan fingerprint density at radius 1 is 0.943 bits per heavy atom. The number of ether oxygens (including phenoxy) is 2. The van der Waals surface area contributed by atoms with Crippen molar-refractivity contribution in [1.29, 1.82) is 0 Å². The van der Waals surface area contributed by atoms with Crippen molar-refractivity contribution in [1.82, 2.24) is 0 Å². The molecule has 0 aliphatic rings. The standard InChI is InChI=1S/C27H21ClN2O5/c1-18-6-12-23(13-7-18)35-24-15-21(14-22(16-24)30(32)33)29-27(31)20-10-8-19(9-11-20)17-34-26-5-3-2-4-25(26)28/h2-16H,17H2,1H3,(H,29,31). The number of nitro benzene ring substituents is 1. The van der Waals surface area contributed by atoms with Crippen molar-refractivity contribution in [3.8, 4) is 17.2 Å². The zero-order valence-electron chi connectivity index (χ0n) is 18.7. The first-order chi connectivity index (χ1) is 16.9. The first-order valence-corrected chi connectivity index (χ1v) is 11.1. The topological polar surface area (TPSA) is 90.7 Å². The molecule has 7 nitrogen and oxygen atoms in total. The average molecular weight is 489 g/mol. The second kappa shape index (κ2) is 10.7. The van der Waals surface area contributed by atoms with Crippen LogP contribution >= 0.6 is 11.6 Å². The molecule has 1 amide bonds. The minimum Gasteiger partial charge on any atom is -0.487 e. The van der Waals surface area contributed by atoms with Gasteiger partial charge in [0.05, 0.1) is 21.7 Å². The van der Waals surface area contributed by atoms with Crippen LogP contribution in [0.3, 0.4) is 0 Å². The predicted octanol–water partition coefficient (Wildman–Crippen LogP) is 7.18. The molecular weight excluding hydrogens is 468 g/mol. The number of para-hydroxylation sites is 1. The summed E-state index contributed by atoms with van der Waals surface area (Å²) in [4.78, 5) is 23.6. The van der Waals surface area contributed by atoms with Crippen molar-refractivity contribution in [2.45, 2.75) is 13.5 Å². The summed E-state index contributed by atoms with van der Waals surface area (Å²) < 4.78 is 11.5. The van der Waals surface area contributed by atoms with E-state index in [1.807, 2.05) is 31.2 Å². The quantitative estimate of drug-likeness (QED) is 0.209. The van der Waals surface area contributed by atoms with Crippen molar-refractivity contribution >= 4 is 28.9 Å². The van der Waals surface area contributed by atoms with Gasteiger partial charge in [0.25, 0.3) is 11.6 Å². The van der Waals surface area contributed by atoms with Crippen LogP contribution in [0.25, 0.3) is 0 Å². The Morgan fingerprint density at radius 3 is 2.34 bits per heavy atom. The third-order valence-electron chi connectivity index (χ3n) is 5.06. The minimum absolute atomic E-state index is 0.197. The van der Waals surface area contributed by atoms with E-state index in [-0.39, 0.29) is 23.7 Å². The van der Waals surface area contributed by atoms with Crippen molar-refractivity contribution < 1.29 is 19.2 Å². The van der Waals surface area contributed by atoms with Gasteiger partial charge in [0, 0.05) is 17.7 Å². The van der Waals surface area contributed by atoms with Crippen molar-refractivity contribution in [2.75, 3.05) is 5.32 Å². The molecule has 4 aromatic carbocycles. The molecular formula is C27H21ClN2O5. The minimum atomic E-state index is -0.536. The van der Waals surface area contributed by atoms with Crippen LogP contribution in [0.4, 0.5) is 11.4 Å². The first-order valence-electron chi connectivity index (χ1n) is 10.7. The molecule has 4 aromatic rings. The number of amides is 1. The Kier molecular flexibility index (Phi) is 7.28. The number of hydrogen-bond acceptors (Lipinski definition) is 5. The number of nitrogens with one attached hydrogen (secondary N) is 1. The van der Waals surface area contributed by atoms with Crippen molar-refractivity contribution in [3.05, 3.63) is 123 Å². The summed E-state index contributed by atoms with van der Waals surface area (Å²) in [7, 11) is 0. The number of halogens is 1. The molecule has 0 bridgehead atoms. The zero-order chi connectivity index (χ0) is 24.8. The maximum absolute atomic E-state index is 12.8. The van der Waals surface area contributed by atoms with Crippen molar-refractivity contribution in [2.24, 2.45) is 0 Å². The molecule has 176 valence electrons. The third-order valence-corrected chi connectivity index (χ3v) is 5.38. The summed E-state index contributed by atoms with van der Waals surface area (Å²) >= 11 is 6.10. The first kappa shape index (κ1) is 23.8. The Bertz CT molecular complexity index is 1360. The number of nitrogens with zero attached hydrogens (tertiary/aromatic N) is 1. The number of non-ortho nitro benzene ring substituents is 1. The van der Waals surface area contributed by atoms with Crippen LogP contribution in [0.5, 0.6) is 17.2 Å². The van der Waals surface area contributed by atoms with Gasteiger partial charge < -0.3 is 14.8 Å². The normalized spacial score (nSPS) is 10.5. The van der Waals surface area contributed by atoms with Gasteiger partial charge >= 0.3 is 0 Å². The molecule has 0 aliphatic heterocycles. The van der Waals surface area contributed by atoms with Gasteiger partial charge in [-0.1, -0.05) is 53.6 Å². The van der Waals surface area contributed by atoms with Crippen LogP contribution in [-0.4, -0.2) is 10.8 Å². The second-order valence-corrected chi connectivity index (χ2v) is 8.17. The van der Waals surface area contributed by atoms with E-state index in [1.165, 1.54) is 18.2 Å². The predicted molar refractivity (Wildman–Crippen MR) is 135 cm³/mol. The number of aryl methyl sites for hydroxylation is 1. The van der Waals surface area contributed by atoms with Crippen LogP contribution in [0.1, 0.15) is 21.5 Å². The van der Waals surface area contributed by atoms with Crippen LogP contribution in [0.15, 0.2) is 91.0 Å². The number of nitro groups is 1. The van der Waals surface area contributed by atoms with E-state index < -0.39 is 10.8 Å². The van der Waals surface area contributed by atoms with Gasteiger partial charge in [-0.05, 0) is 48.9 Å². The SMILES string of the molecule is Cc1ccc(Oc2cc(NC(=O)c3ccc(COc4ccccc4Cl)cc3)cc([N+](=O)[O-])c2)cc1. The van der Waals surface area contributed by atoms with Gasteiger partial charge in [0.2, 0.25) is 0 Å². The summed E-state index contributed by atoms with van der Waals surface area (Å²) in [5.41, 5.74) is 2.35.